The first kappa shape index (κ1) is 25.3. The average molecular weight is 518 g/mol. The standard InChI is InChI=1S/C21H34N4O3.HI/c1-6-28-19-13-16(7-8-18(19)27-5)14-23-21(22-4)24-17-9-11-25(12-10-17)20(26)15(2)3;/h7-8,13,15,17H,6,9-12,14H2,1-5H3,(H2,22,23,24);1H. The van der Waals surface area contributed by atoms with Gasteiger partial charge in [0.05, 0.1) is 13.7 Å². The number of aliphatic imine (C=N–C) groups is 1. The van der Waals surface area contributed by atoms with Crippen LogP contribution in [0.3, 0.4) is 0 Å². The summed E-state index contributed by atoms with van der Waals surface area (Å²) in [6.45, 7) is 8.67. The first-order valence-corrected chi connectivity index (χ1v) is 10.0. The Morgan fingerprint density at radius 3 is 2.52 bits per heavy atom. The highest BCUT2D eigenvalue weighted by molar-refractivity contribution is 14.0. The fraction of sp³-hybridized carbons (Fsp3) is 0.619. The number of hydrogen-bond donors (Lipinski definition) is 2. The molecule has 1 aliphatic rings. The molecule has 1 aromatic rings. The van der Waals surface area contributed by atoms with Crippen molar-refractivity contribution in [1.82, 2.24) is 15.5 Å². The molecule has 1 aliphatic heterocycles. The Morgan fingerprint density at radius 1 is 1.28 bits per heavy atom. The van der Waals surface area contributed by atoms with Crippen LogP contribution in [0.4, 0.5) is 0 Å². The van der Waals surface area contributed by atoms with Crippen molar-refractivity contribution in [1.29, 1.82) is 0 Å². The molecule has 0 bridgehead atoms. The summed E-state index contributed by atoms with van der Waals surface area (Å²) in [4.78, 5) is 18.4. The molecule has 0 spiro atoms. The quantitative estimate of drug-likeness (QED) is 0.330. The molecule has 7 nitrogen and oxygen atoms in total. The van der Waals surface area contributed by atoms with E-state index in [1.165, 1.54) is 0 Å². The van der Waals surface area contributed by atoms with E-state index in [1.54, 1.807) is 14.2 Å². The lowest BCUT2D eigenvalue weighted by Gasteiger charge is -2.34. The van der Waals surface area contributed by atoms with Gasteiger partial charge >= 0.3 is 0 Å². The number of benzene rings is 1. The number of ether oxygens (including phenoxy) is 2. The SMILES string of the molecule is CCOc1cc(CNC(=NC)NC2CCN(C(=O)C(C)C)CC2)ccc1OC.I. The highest BCUT2D eigenvalue weighted by Crippen LogP contribution is 2.28. The number of rotatable bonds is 7. The maximum Gasteiger partial charge on any atom is 0.225 e. The maximum atomic E-state index is 12.1. The van der Waals surface area contributed by atoms with Gasteiger partial charge in [-0.25, -0.2) is 0 Å². The van der Waals surface area contributed by atoms with E-state index in [0.717, 1.165) is 49.0 Å². The van der Waals surface area contributed by atoms with Gasteiger partial charge in [-0.05, 0) is 37.5 Å². The van der Waals surface area contributed by atoms with E-state index < -0.39 is 0 Å². The molecule has 2 rings (SSSR count). The van der Waals surface area contributed by atoms with E-state index in [1.807, 2.05) is 43.9 Å². The van der Waals surface area contributed by atoms with Crippen LogP contribution in [0.5, 0.6) is 11.5 Å². The van der Waals surface area contributed by atoms with E-state index in [4.69, 9.17) is 9.47 Å². The predicted octanol–water partition coefficient (Wildman–Crippen LogP) is 3.02. The third kappa shape index (κ3) is 7.56. The second-order valence-corrected chi connectivity index (χ2v) is 7.24. The number of piperidine rings is 1. The van der Waals surface area contributed by atoms with Crippen molar-refractivity contribution >= 4 is 35.8 Å². The highest BCUT2D eigenvalue weighted by Gasteiger charge is 2.24. The average Bonchev–Trinajstić information content (AvgIpc) is 2.71. The number of nitrogens with one attached hydrogen (secondary N) is 2. The lowest BCUT2D eigenvalue weighted by atomic mass is 10.0. The molecule has 1 aromatic carbocycles. The summed E-state index contributed by atoms with van der Waals surface area (Å²) in [5.74, 6) is 2.54. The lowest BCUT2D eigenvalue weighted by Crippen LogP contribution is -2.50. The molecule has 1 saturated heterocycles. The van der Waals surface area contributed by atoms with Crippen molar-refractivity contribution in [3.63, 3.8) is 0 Å². The van der Waals surface area contributed by atoms with E-state index in [9.17, 15) is 4.79 Å². The van der Waals surface area contributed by atoms with Gasteiger partial charge in [0.15, 0.2) is 17.5 Å². The number of nitrogens with zero attached hydrogens (tertiary/aromatic N) is 2. The number of amides is 1. The van der Waals surface area contributed by atoms with Crippen molar-refractivity contribution < 1.29 is 14.3 Å². The zero-order valence-corrected chi connectivity index (χ0v) is 20.5. The minimum atomic E-state index is 0. The second-order valence-electron chi connectivity index (χ2n) is 7.24. The van der Waals surface area contributed by atoms with Crippen molar-refractivity contribution in [2.75, 3.05) is 33.9 Å². The van der Waals surface area contributed by atoms with Crippen molar-refractivity contribution in [3.05, 3.63) is 23.8 Å². The zero-order chi connectivity index (χ0) is 20.5. The first-order chi connectivity index (χ1) is 13.5. The normalized spacial score (nSPS) is 15.0. The van der Waals surface area contributed by atoms with Crippen LogP contribution < -0.4 is 20.1 Å². The molecule has 1 amide bonds. The van der Waals surface area contributed by atoms with Crippen LogP contribution in [0.25, 0.3) is 0 Å². The Balaban J connectivity index is 0.00000420. The molecule has 1 fully saturated rings. The summed E-state index contributed by atoms with van der Waals surface area (Å²) >= 11 is 0. The molecule has 8 heteroatoms. The number of carbonyl (C=O) groups excluding carboxylic acids is 1. The van der Waals surface area contributed by atoms with Gasteiger partial charge in [-0.15, -0.1) is 24.0 Å². The number of hydrogen-bond acceptors (Lipinski definition) is 4. The summed E-state index contributed by atoms with van der Waals surface area (Å²) in [7, 11) is 3.41. The lowest BCUT2D eigenvalue weighted by molar-refractivity contribution is -0.135. The van der Waals surface area contributed by atoms with E-state index >= 15 is 0 Å². The third-order valence-electron chi connectivity index (χ3n) is 4.85. The Labute approximate surface area is 191 Å². The van der Waals surface area contributed by atoms with Crippen LogP contribution in [-0.4, -0.2) is 56.7 Å². The number of halogens is 1. The molecule has 2 N–H and O–H groups in total. The van der Waals surface area contributed by atoms with Gasteiger partial charge in [-0.3, -0.25) is 9.79 Å². The van der Waals surface area contributed by atoms with Gasteiger partial charge in [0, 0.05) is 38.6 Å². The van der Waals surface area contributed by atoms with E-state index in [0.29, 0.717) is 19.2 Å². The topological polar surface area (TPSA) is 75.2 Å². The Morgan fingerprint density at radius 2 is 1.97 bits per heavy atom. The number of methoxy groups -OCH3 is 1. The Kier molecular flexibility index (Phi) is 11.2. The molecule has 0 aromatic heterocycles. The summed E-state index contributed by atoms with van der Waals surface area (Å²) < 4.78 is 11.0. The van der Waals surface area contributed by atoms with E-state index in [-0.39, 0.29) is 35.8 Å². The van der Waals surface area contributed by atoms with E-state index in [2.05, 4.69) is 15.6 Å². The van der Waals surface area contributed by atoms with Gasteiger partial charge in [-0.2, -0.15) is 0 Å². The summed E-state index contributed by atoms with van der Waals surface area (Å²) in [5.41, 5.74) is 1.09. The Bertz CT molecular complexity index is 674. The molecule has 0 saturated carbocycles. The summed E-state index contributed by atoms with van der Waals surface area (Å²) in [5, 5.41) is 6.83. The summed E-state index contributed by atoms with van der Waals surface area (Å²) in [6.07, 6.45) is 1.85. The van der Waals surface area contributed by atoms with Crippen molar-refractivity contribution in [3.8, 4) is 11.5 Å². The molecule has 29 heavy (non-hydrogen) atoms. The highest BCUT2D eigenvalue weighted by atomic mass is 127. The van der Waals surface area contributed by atoms with Gasteiger partial charge in [0.1, 0.15) is 0 Å². The molecule has 1 heterocycles. The van der Waals surface area contributed by atoms with Crippen LogP contribution in [0.15, 0.2) is 23.2 Å². The number of likely N-dealkylation sites (tertiary alicyclic amines) is 1. The van der Waals surface area contributed by atoms with Gasteiger partial charge in [0.2, 0.25) is 5.91 Å². The number of guanidine groups is 1. The minimum absolute atomic E-state index is 0. The molecule has 0 aliphatic carbocycles. The molecular formula is C21H35IN4O3. The Hall–Kier alpha value is -1.71. The van der Waals surface area contributed by atoms with Crippen molar-refractivity contribution in [2.45, 2.75) is 46.2 Å². The van der Waals surface area contributed by atoms with Crippen molar-refractivity contribution in [2.24, 2.45) is 10.9 Å². The first-order valence-electron chi connectivity index (χ1n) is 10.0. The van der Waals surface area contributed by atoms with Crippen LogP contribution in [0, 0.1) is 5.92 Å². The molecule has 0 radical (unpaired) electrons. The molecule has 0 atom stereocenters. The molecule has 164 valence electrons. The molecule has 0 unspecified atom stereocenters. The second kappa shape index (κ2) is 12.8. The van der Waals surface area contributed by atoms with Gasteiger partial charge in [-0.1, -0.05) is 19.9 Å². The fourth-order valence-electron chi connectivity index (χ4n) is 3.28. The third-order valence-corrected chi connectivity index (χ3v) is 4.85. The smallest absolute Gasteiger partial charge is 0.225 e. The van der Waals surface area contributed by atoms with Crippen LogP contribution >= 0.6 is 24.0 Å². The van der Waals surface area contributed by atoms with Crippen LogP contribution in [-0.2, 0) is 11.3 Å². The largest absolute Gasteiger partial charge is 0.493 e. The monoisotopic (exact) mass is 518 g/mol. The van der Waals surface area contributed by atoms with Crippen LogP contribution in [0.1, 0.15) is 39.2 Å². The van der Waals surface area contributed by atoms with Gasteiger partial charge in [0.25, 0.3) is 0 Å². The van der Waals surface area contributed by atoms with Gasteiger partial charge < -0.3 is 25.0 Å². The zero-order valence-electron chi connectivity index (χ0n) is 18.2. The predicted molar refractivity (Wildman–Crippen MR) is 127 cm³/mol. The molecular weight excluding hydrogens is 483 g/mol. The number of carbonyl (C=O) groups is 1. The summed E-state index contributed by atoms with van der Waals surface area (Å²) in [6, 6.07) is 6.23. The van der Waals surface area contributed by atoms with Crippen LogP contribution in [0.2, 0.25) is 0 Å². The maximum absolute atomic E-state index is 12.1. The fourth-order valence-corrected chi connectivity index (χ4v) is 3.28. The minimum Gasteiger partial charge on any atom is -0.493 e.